The molecule has 2 amide bonds. The number of nitrogens with zero attached hydrogens (tertiary/aromatic N) is 1. The number of anilines is 2. The fourth-order valence-corrected chi connectivity index (χ4v) is 5.68. The lowest BCUT2D eigenvalue weighted by Gasteiger charge is -2.40. The normalized spacial score (nSPS) is 16.6. The van der Waals surface area contributed by atoms with Crippen molar-refractivity contribution in [2.45, 2.75) is 30.8 Å². The molecular formula is C20H24Cl2N4O4S. The average molecular weight is 487 g/mol. The zero-order chi connectivity index (χ0) is 22.2. The Labute approximate surface area is 192 Å². The number of hydrogen-bond donors (Lipinski definition) is 3. The van der Waals surface area contributed by atoms with E-state index in [9.17, 15) is 18.0 Å². The first-order valence-electron chi connectivity index (χ1n) is 9.23. The van der Waals surface area contributed by atoms with Crippen molar-refractivity contribution in [3.8, 4) is 0 Å². The fraction of sp³-hybridized carbons (Fsp3) is 0.300. The van der Waals surface area contributed by atoms with E-state index < -0.39 is 33.9 Å². The highest BCUT2D eigenvalue weighted by molar-refractivity contribution is 7.93. The second kappa shape index (κ2) is 9.44. The van der Waals surface area contributed by atoms with Crippen molar-refractivity contribution in [3.63, 3.8) is 0 Å². The van der Waals surface area contributed by atoms with Crippen molar-refractivity contribution >= 4 is 57.2 Å². The molecule has 1 aliphatic heterocycles. The SMILES string of the molecule is CNC(=O)[C@@H](NC)[C@@H]1C(=O)Nc2ccccc2N1S(=O)(=O)c1cc(C)c(Cl)cc1C.Cl. The van der Waals surface area contributed by atoms with Crippen molar-refractivity contribution < 1.29 is 18.0 Å². The molecule has 0 spiro atoms. The lowest BCUT2D eigenvalue weighted by Crippen LogP contribution is -2.63. The zero-order valence-electron chi connectivity index (χ0n) is 17.4. The maximum atomic E-state index is 13.9. The van der Waals surface area contributed by atoms with Gasteiger partial charge in [-0.15, -0.1) is 12.4 Å². The highest BCUT2D eigenvalue weighted by atomic mass is 35.5. The number of halogens is 2. The third kappa shape index (κ3) is 4.36. The molecule has 3 rings (SSSR count). The third-order valence-electron chi connectivity index (χ3n) is 5.07. The maximum absolute atomic E-state index is 13.9. The predicted molar refractivity (Wildman–Crippen MR) is 124 cm³/mol. The molecule has 0 radical (unpaired) electrons. The number of carbonyl (C=O) groups excluding carboxylic acids is 2. The summed E-state index contributed by atoms with van der Waals surface area (Å²) in [5.74, 6) is -1.12. The number of aryl methyl sites for hydroxylation is 2. The fourth-order valence-electron chi connectivity index (χ4n) is 3.53. The van der Waals surface area contributed by atoms with Crippen LogP contribution < -0.4 is 20.3 Å². The molecule has 0 unspecified atom stereocenters. The number of fused-ring (bicyclic) bond motifs is 1. The van der Waals surface area contributed by atoms with E-state index in [1.54, 1.807) is 44.2 Å². The molecule has 2 aromatic rings. The van der Waals surface area contributed by atoms with E-state index in [4.69, 9.17) is 11.6 Å². The van der Waals surface area contributed by atoms with Crippen molar-refractivity contribution in [2.24, 2.45) is 0 Å². The van der Waals surface area contributed by atoms with Crippen LogP contribution in [-0.2, 0) is 19.6 Å². The Morgan fingerprint density at radius 1 is 1.16 bits per heavy atom. The van der Waals surface area contributed by atoms with Gasteiger partial charge in [-0.3, -0.25) is 9.59 Å². The Morgan fingerprint density at radius 3 is 2.42 bits per heavy atom. The predicted octanol–water partition coefficient (Wildman–Crippen LogP) is 2.23. The zero-order valence-corrected chi connectivity index (χ0v) is 19.8. The molecular weight excluding hydrogens is 463 g/mol. The number of hydrogen-bond acceptors (Lipinski definition) is 5. The van der Waals surface area contributed by atoms with Crippen LogP contribution in [0.1, 0.15) is 11.1 Å². The van der Waals surface area contributed by atoms with Gasteiger partial charge in [0.15, 0.2) is 0 Å². The standard InChI is InChI=1S/C20H23ClN4O4S.ClH/c1-11-10-16(12(2)9-13(11)21)30(28,29)25-15-8-6-5-7-14(15)24-20(27)18(25)17(22-3)19(26)23-4;/h5-10,17-18,22H,1-4H3,(H,23,26)(H,24,27);1H/t17-,18+;/m0./s1. The Morgan fingerprint density at radius 2 is 1.81 bits per heavy atom. The van der Waals surface area contributed by atoms with Crippen molar-refractivity contribution in [2.75, 3.05) is 23.7 Å². The molecule has 11 heteroatoms. The van der Waals surface area contributed by atoms with Gasteiger partial charge in [0, 0.05) is 12.1 Å². The Kier molecular flexibility index (Phi) is 7.59. The van der Waals surface area contributed by atoms with Gasteiger partial charge in [0.2, 0.25) is 5.91 Å². The second-order valence-corrected chi connectivity index (χ2v) is 9.19. The minimum atomic E-state index is -4.23. The minimum absolute atomic E-state index is 0. The topological polar surface area (TPSA) is 108 Å². The molecule has 168 valence electrons. The van der Waals surface area contributed by atoms with E-state index in [2.05, 4.69) is 16.0 Å². The molecule has 1 aliphatic rings. The first-order chi connectivity index (χ1) is 14.1. The van der Waals surface area contributed by atoms with E-state index in [0.29, 0.717) is 21.8 Å². The van der Waals surface area contributed by atoms with Crippen molar-refractivity contribution in [3.05, 3.63) is 52.5 Å². The summed E-state index contributed by atoms with van der Waals surface area (Å²) >= 11 is 6.15. The molecule has 1 heterocycles. The van der Waals surface area contributed by atoms with Crippen LogP contribution in [0.25, 0.3) is 0 Å². The summed E-state index contributed by atoms with van der Waals surface area (Å²) in [6, 6.07) is 7.16. The molecule has 0 fully saturated rings. The van der Waals surface area contributed by atoms with Gasteiger partial charge in [0.05, 0.1) is 16.3 Å². The van der Waals surface area contributed by atoms with Crippen LogP contribution in [0.4, 0.5) is 11.4 Å². The average Bonchev–Trinajstić information content (AvgIpc) is 2.70. The lowest BCUT2D eigenvalue weighted by atomic mass is 10.0. The molecule has 0 saturated carbocycles. The Bertz CT molecular complexity index is 1120. The van der Waals surface area contributed by atoms with E-state index in [1.807, 2.05) is 0 Å². The smallest absolute Gasteiger partial charge is 0.265 e. The summed E-state index contributed by atoms with van der Waals surface area (Å²) in [5.41, 5.74) is 1.65. The summed E-state index contributed by atoms with van der Waals surface area (Å²) in [6.07, 6.45) is 0. The number of benzene rings is 2. The van der Waals surface area contributed by atoms with Gasteiger partial charge in [0.25, 0.3) is 15.9 Å². The first-order valence-corrected chi connectivity index (χ1v) is 11.0. The number of sulfonamides is 1. The maximum Gasteiger partial charge on any atom is 0.265 e. The van der Waals surface area contributed by atoms with Crippen LogP contribution >= 0.6 is 24.0 Å². The van der Waals surface area contributed by atoms with Gasteiger partial charge in [-0.1, -0.05) is 23.7 Å². The van der Waals surface area contributed by atoms with Gasteiger partial charge in [0.1, 0.15) is 12.1 Å². The molecule has 2 atom stereocenters. The largest absolute Gasteiger partial charge is 0.358 e. The summed E-state index contributed by atoms with van der Waals surface area (Å²) in [6.45, 7) is 3.34. The number of nitrogens with one attached hydrogen (secondary N) is 3. The molecule has 0 bridgehead atoms. The van der Waals surface area contributed by atoms with Crippen molar-refractivity contribution in [1.82, 2.24) is 10.6 Å². The number of carbonyl (C=O) groups is 2. The molecule has 31 heavy (non-hydrogen) atoms. The highest BCUT2D eigenvalue weighted by Crippen LogP contribution is 2.38. The molecule has 0 saturated heterocycles. The van der Waals surface area contributed by atoms with Gasteiger partial charge in [-0.05, 0) is 56.3 Å². The first kappa shape index (κ1) is 24.9. The molecule has 2 aromatic carbocycles. The van der Waals surface area contributed by atoms with Crippen LogP contribution in [0.5, 0.6) is 0 Å². The molecule has 0 aromatic heterocycles. The third-order valence-corrected chi connectivity index (χ3v) is 7.41. The molecule has 3 N–H and O–H groups in total. The number of amides is 2. The Balaban J connectivity index is 0.00000341. The van der Waals surface area contributed by atoms with Crippen LogP contribution in [0.3, 0.4) is 0 Å². The number of para-hydroxylation sites is 2. The van der Waals surface area contributed by atoms with Crippen molar-refractivity contribution in [1.29, 1.82) is 0 Å². The Hall–Kier alpha value is -2.33. The monoisotopic (exact) mass is 486 g/mol. The van der Waals surface area contributed by atoms with E-state index in [-0.39, 0.29) is 23.0 Å². The van der Waals surface area contributed by atoms with Crippen LogP contribution in [0, 0.1) is 13.8 Å². The second-order valence-electron chi connectivity index (χ2n) is 7.00. The summed E-state index contributed by atoms with van der Waals surface area (Å²) in [4.78, 5) is 25.5. The van der Waals surface area contributed by atoms with Gasteiger partial charge >= 0.3 is 0 Å². The van der Waals surface area contributed by atoms with Crippen LogP contribution in [-0.4, -0.2) is 46.4 Å². The van der Waals surface area contributed by atoms with E-state index >= 15 is 0 Å². The molecule has 0 aliphatic carbocycles. The van der Waals surface area contributed by atoms with Gasteiger partial charge < -0.3 is 16.0 Å². The minimum Gasteiger partial charge on any atom is -0.358 e. The molecule has 8 nitrogen and oxygen atoms in total. The number of likely N-dealkylation sites (N-methyl/N-ethyl adjacent to an activating group) is 2. The van der Waals surface area contributed by atoms with Gasteiger partial charge in [-0.25, -0.2) is 12.7 Å². The summed E-state index contributed by atoms with van der Waals surface area (Å²) in [7, 11) is -1.31. The van der Waals surface area contributed by atoms with E-state index in [1.165, 1.54) is 20.2 Å². The van der Waals surface area contributed by atoms with Crippen LogP contribution in [0.15, 0.2) is 41.3 Å². The van der Waals surface area contributed by atoms with Gasteiger partial charge in [-0.2, -0.15) is 0 Å². The van der Waals surface area contributed by atoms with E-state index in [0.717, 1.165) is 4.31 Å². The number of rotatable bonds is 5. The highest BCUT2D eigenvalue weighted by Gasteiger charge is 2.47. The lowest BCUT2D eigenvalue weighted by molar-refractivity contribution is -0.127. The summed E-state index contributed by atoms with van der Waals surface area (Å²) < 4.78 is 28.8. The quantitative estimate of drug-likeness (QED) is 0.600. The summed E-state index contributed by atoms with van der Waals surface area (Å²) in [5, 5.41) is 8.40. The van der Waals surface area contributed by atoms with Crippen LogP contribution in [0.2, 0.25) is 5.02 Å².